The molecule has 1 aromatic heterocycles. The number of aryl methyl sites for hydroxylation is 1. The number of anilines is 1. The Labute approximate surface area is 151 Å². The Balaban J connectivity index is 1.90. The third-order valence-corrected chi connectivity index (χ3v) is 7.66. The topological polar surface area (TPSA) is 87.0 Å². The van der Waals surface area contributed by atoms with Crippen molar-refractivity contribution < 1.29 is 13.2 Å². The number of carbonyl (C=O) groups excluding carboxylic acids is 1. The zero-order valence-corrected chi connectivity index (χ0v) is 15.6. The van der Waals surface area contributed by atoms with E-state index in [1.165, 1.54) is 23.5 Å². The normalized spacial score (nSPS) is 13.5. The fourth-order valence-electron chi connectivity index (χ4n) is 2.87. The molecule has 1 aliphatic carbocycles. The van der Waals surface area contributed by atoms with Crippen LogP contribution in [0, 0.1) is 11.3 Å². The molecule has 1 aliphatic rings. The van der Waals surface area contributed by atoms with E-state index in [1.54, 1.807) is 26.0 Å². The Kier molecular flexibility index (Phi) is 4.67. The largest absolute Gasteiger partial charge is 0.312 e. The van der Waals surface area contributed by atoms with E-state index in [4.69, 9.17) is 0 Å². The first-order chi connectivity index (χ1) is 11.8. The molecule has 0 atom stereocenters. The number of amides is 1. The minimum Gasteiger partial charge on any atom is -0.312 e. The van der Waals surface area contributed by atoms with Crippen molar-refractivity contribution in [2.45, 2.75) is 43.3 Å². The lowest BCUT2D eigenvalue weighted by molar-refractivity contribution is 0.102. The highest BCUT2D eigenvalue weighted by Crippen LogP contribution is 2.38. The summed E-state index contributed by atoms with van der Waals surface area (Å²) in [5.74, 6) is -0.405. The first kappa shape index (κ1) is 17.6. The number of fused-ring (bicyclic) bond motifs is 1. The molecule has 5 nitrogen and oxygen atoms in total. The monoisotopic (exact) mass is 374 g/mol. The maximum Gasteiger partial charge on any atom is 0.256 e. The number of nitriles is 1. The van der Waals surface area contributed by atoms with Gasteiger partial charge in [0.2, 0.25) is 0 Å². The molecule has 0 aliphatic heterocycles. The second-order valence-electron chi connectivity index (χ2n) is 6.25. The molecule has 1 amide bonds. The Morgan fingerprint density at radius 3 is 2.76 bits per heavy atom. The molecule has 2 aromatic rings. The van der Waals surface area contributed by atoms with Crippen LogP contribution < -0.4 is 5.32 Å². The molecule has 1 aromatic carbocycles. The third-order valence-electron chi connectivity index (χ3n) is 4.31. The summed E-state index contributed by atoms with van der Waals surface area (Å²) in [7, 11) is -3.45. The van der Waals surface area contributed by atoms with Gasteiger partial charge >= 0.3 is 0 Å². The van der Waals surface area contributed by atoms with Gasteiger partial charge in [-0.15, -0.1) is 11.3 Å². The molecule has 3 rings (SSSR count). The maximum atomic E-state index is 12.5. The van der Waals surface area contributed by atoms with E-state index in [0.29, 0.717) is 10.6 Å². The van der Waals surface area contributed by atoms with Crippen LogP contribution >= 0.6 is 11.3 Å². The molecule has 1 N–H and O–H groups in total. The van der Waals surface area contributed by atoms with Crippen molar-refractivity contribution in [3.63, 3.8) is 0 Å². The predicted molar refractivity (Wildman–Crippen MR) is 97.8 cm³/mol. The molecule has 0 spiro atoms. The first-order valence-corrected chi connectivity index (χ1v) is 10.4. The fourth-order valence-corrected chi connectivity index (χ4v) is 5.21. The van der Waals surface area contributed by atoms with Crippen molar-refractivity contribution in [1.82, 2.24) is 0 Å². The van der Waals surface area contributed by atoms with Gasteiger partial charge in [0.25, 0.3) is 5.91 Å². The van der Waals surface area contributed by atoms with E-state index in [-0.39, 0.29) is 10.5 Å². The van der Waals surface area contributed by atoms with E-state index in [1.807, 2.05) is 0 Å². The molecule has 0 saturated heterocycles. The summed E-state index contributed by atoms with van der Waals surface area (Å²) < 4.78 is 24.6. The van der Waals surface area contributed by atoms with E-state index >= 15 is 0 Å². The van der Waals surface area contributed by atoms with Gasteiger partial charge in [-0.1, -0.05) is 6.07 Å². The van der Waals surface area contributed by atoms with E-state index in [9.17, 15) is 18.5 Å². The summed E-state index contributed by atoms with van der Waals surface area (Å²) in [6.45, 7) is 3.21. The number of hydrogen-bond donors (Lipinski definition) is 1. The zero-order chi connectivity index (χ0) is 18.2. The van der Waals surface area contributed by atoms with E-state index in [2.05, 4.69) is 11.4 Å². The minimum atomic E-state index is -3.45. The van der Waals surface area contributed by atoms with Crippen molar-refractivity contribution in [2.24, 2.45) is 0 Å². The van der Waals surface area contributed by atoms with Crippen molar-refractivity contribution in [1.29, 1.82) is 5.26 Å². The Morgan fingerprint density at radius 1 is 1.32 bits per heavy atom. The predicted octanol–water partition coefficient (Wildman–Crippen LogP) is 3.54. The average molecular weight is 374 g/mol. The van der Waals surface area contributed by atoms with Crippen LogP contribution in [-0.2, 0) is 22.7 Å². The van der Waals surface area contributed by atoms with Gasteiger partial charge in [-0.05, 0) is 56.9 Å². The van der Waals surface area contributed by atoms with Gasteiger partial charge in [0, 0.05) is 10.4 Å². The molecule has 0 unspecified atom stereocenters. The number of nitrogens with zero attached hydrogens (tertiary/aromatic N) is 1. The lowest BCUT2D eigenvalue weighted by Gasteiger charge is -2.09. The number of thiophene rings is 1. The number of benzene rings is 1. The van der Waals surface area contributed by atoms with Crippen LogP contribution in [0.5, 0.6) is 0 Å². The van der Waals surface area contributed by atoms with Gasteiger partial charge < -0.3 is 5.32 Å². The molecule has 7 heteroatoms. The van der Waals surface area contributed by atoms with Crippen LogP contribution in [0.25, 0.3) is 0 Å². The molecular weight excluding hydrogens is 356 g/mol. The van der Waals surface area contributed by atoms with Gasteiger partial charge in [-0.25, -0.2) is 8.42 Å². The standard InChI is InChI=1S/C18H18N2O3S2/c1-11(2)25(22,23)13-6-3-5-12(9-13)17(21)20-18-15(10-19)14-7-4-8-16(14)24-18/h3,5-6,9,11H,4,7-8H2,1-2H3,(H,20,21). The smallest absolute Gasteiger partial charge is 0.256 e. The van der Waals surface area contributed by atoms with Gasteiger partial charge in [0.05, 0.1) is 15.7 Å². The molecular formula is C18H18N2O3S2. The lowest BCUT2D eigenvalue weighted by Crippen LogP contribution is -2.16. The lowest BCUT2D eigenvalue weighted by atomic mass is 10.1. The van der Waals surface area contributed by atoms with Crippen molar-refractivity contribution in [3.8, 4) is 6.07 Å². The van der Waals surface area contributed by atoms with Crippen LogP contribution in [0.4, 0.5) is 5.00 Å². The van der Waals surface area contributed by atoms with E-state index < -0.39 is 21.0 Å². The van der Waals surface area contributed by atoms with Crippen LogP contribution in [0.15, 0.2) is 29.2 Å². The molecule has 0 radical (unpaired) electrons. The second kappa shape index (κ2) is 6.62. The molecule has 1 heterocycles. The van der Waals surface area contributed by atoms with Crippen molar-refractivity contribution in [2.75, 3.05) is 5.32 Å². The fraction of sp³-hybridized carbons (Fsp3) is 0.333. The maximum absolute atomic E-state index is 12.5. The van der Waals surface area contributed by atoms with Crippen molar-refractivity contribution in [3.05, 3.63) is 45.8 Å². The highest BCUT2D eigenvalue weighted by Gasteiger charge is 2.24. The van der Waals surface area contributed by atoms with Gasteiger partial charge in [-0.2, -0.15) is 5.26 Å². The summed E-state index contributed by atoms with van der Waals surface area (Å²) in [6.07, 6.45) is 2.85. The average Bonchev–Trinajstić information content (AvgIpc) is 3.15. The van der Waals surface area contributed by atoms with Crippen LogP contribution in [-0.4, -0.2) is 19.6 Å². The molecule has 0 fully saturated rings. The quantitative estimate of drug-likeness (QED) is 0.887. The second-order valence-corrected chi connectivity index (χ2v) is 9.86. The Hall–Kier alpha value is -2.17. The zero-order valence-electron chi connectivity index (χ0n) is 14.0. The summed E-state index contributed by atoms with van der Waals surface area (Å²) in [4.78, 5) is 13.8. The highest BCUT2D eigenvalue weighted by molar-refractivity contribution is 7.92. The number of hydrogen-bond acceptors (Lipinski definition) is 5. The third kappa shape index (κ3) is 3.20. The van der Waals surface area contributed by atoms with Gasteiger partial charge in [-0.3, -0.25) is 4.79 Å². The van der Waals surface area contributed by atoms with E-state index in [0.717, 1.165) is 29.7 Å². The van der Waals surface area contributed by atoms with Crippen LogP contribution in [0.1, 0.15) is 46.6 Å². The molecule has 0 saturated carbocycles. The summed E-state index contributed by atoms with van der Waals surface area (Å²) >= 11 is 1.44. The minimum absolute atomic E-state index is 0.129. The molecule has 25 heavy (non-hydrogen) atoms. The SMILES string of the molecule is CC(C)S(=O)(=O)c1cccc(C(=O)Nc2sc3c(c2C#N)CCC3)c1. The summed E-state index contributed by atoms with van der Waals surface area (Å²) in [5.41, 5.74) is 1.84. The number of sulfone groups is 1. The molecule has 0 bridgehead atoms. The van der Waals surface area contributed by atoms with Crippen molar-refractivity contribution >= 4 is 32.1 Å². The number of rotatable bonds is 4. The number of carbonyl (C=O) groups is 1. The highest BCUT2D eigenvalue weighted by atomic mass is 32.2. The summed E-state index contributed by atoms with van der Waals surface area (Å²) in [5, 5.41) is 12.2. The summed E-state index contributed by atoms with van der Waals surface area (Å²) in [6, 6.07) is 8.19. The number of nitrogens with one attached hydrogen (secondary N) is 1. The Bertz CT molecular complexity index is 982. The Morgan fingerprint density at radius 2 is 2.08 bits per heavy atom. The van der Waals surface area contributed by atoms with Crippen LogP contribution in [0.3, 0.4) is 0 Å². The molecule has 130 valence electrons. The van der Waals surface area contributed by atoms with Crippen LogP contribution in [0.2, 0.25) is 0 Å². The first-order valence-electron chi connectivity index (χ1n) is 8.04. The van der Waals surface area contributed by atoms with Gasteiger partial charge in [0.15, 0.2) is 9.84 Å². The van der Waals surface area contributed by atoms with Gasteiger partial charge in [0.1, 0.15) is 11.1 Å².